The van der Waals surface area contributed by atoms with Gasteiger partial charge in [-0.2, -0.15) is 0 Å². The first-order valence-corrected chi connectivity index (χ1v) is 12.6. The van der Waals surface area contributed by atoms with Crippen molar-refractivity contribution in [3.63, 3.8) is 0 Å². The summed E-state index contributed by atoms with van der Waals surface area (Å²) in [5, 5.41) is 11.3. The molecule has 0 unspecified atom stereocenters. The summed E-state index contributed by atoms with van der Waals surface area (Å²) < 4.78 is 17.0. The van der Waals surface area contributed by atoms with Crippen LogP contribution in [-0.4, -0.2) is 68.7 Å². The van der Waals surface area contributed by atoms with Gasteiger partial charge in [-0.15, -0.1) is 0 Å². The molecule has 192 valence electrons. The molecule has 1 atom stereocenters. The fraction of sp³-hybridized carbons (Fsp3) is 0.429. The monoisotopic (exact) mass is 495 g/mol. The van der Waals surface area contributed by atoms with Crippen LogP contribution in [0.1, 0.15) is 43.4 Å². The standard InChI is InChI=1S/C28H34N2O6/c1-4-5-15-34-21-10-7-19(8-11-21)25-24(27(32)28(33)30(25)14-6-13-29(2)3)26(31)20-9-12-22-23(18-20)36-17-16-35-22/h7-12,18,25,31H,4-6,13-17H2,1-3H3/p+1/t25-/m1/s1. The highest BCUT2D eigenvalue weighted by Gasteiger charge is 2.46. The molecule has 2 heterocycles. The van der Waals surface area contributed by atoms with E-state index in [-0.39, 0.29) is 11.3 Å². The number of aliphatic hydroxyl groups excluding tert-OH is 1. The van der Waals surface area contributed by atoms with E-state index in [0.29, 0.717) is 43.4 Å². The molecular weight excluding hydrogens is 460 g/mol. The van der Waals surface area contributed by atoms with Gasteiger partial charge in [0, 0.05) is 18.5 Å². The van der Waals surface area contributed by atoms with Crippen LogP contribution in [0.5, 0.6) is 17.2 Å². The average Bonchev–Trinajstić information content (AvgIpc) is 3.13. The minimum Gasteiger partial charge on any atom is -0.507 e. The number of quaternary nitrogens is 1. The van der Waals surface area contributed by atoms with Crippen LogP contribution in [-0.2, 0) is 9.59 Å². The summed E-state index contributed by atoms with van der Waals surface area (Å²) in [7, 11) is 4.09. The Labute approximate surface area is 212 Å². The van der Waals surface area contributed by atoms with Crippen molar-refractivity contribution in [3.8, 4) is 17.2 Å². The van der Waals surface area contributed by atoms with Gasteiger partial charge in [0.15, 0.2) is 11.5 Å². The maximum absolute atomic E-state index is 13.2. The molecule has 8 heteroatoms. The van der Waals surface area contributed by atoms with Crippen molar-refractivity contribution in [2.75, 3.05) is 47.0 Å². The SMILES string of the molecule is CCCCOc1ccc([C@@H]2C(=C(O)c3ccc4c(c3)OCCO4)C(=O)C(=O)N2CCC[NH+](C)C)cc1. The highest BCUT2D eigenvalue weighted by atomic mass is 16.6. The largest absolute Gasteiger partial charge is 0.507 e. The lowest BCUT2D eigenvalue weighted by Gasteiger charge is -2.26. The molecule has 2 aliphatic rings. The molecule has 0 bridgehead atoms. The Hall–Kier alpha value is -3.52. The summed E-state index contributed by atoms with van der Waals surface area (Å²) in [6.07, 6.45) is 2.74. The molecule has 1 amide bonds. The summed E-state index contributed by atoms with van der Waals surface area (Å²) in [5.74, 6) is 0.300. The first-order valence-electron chi connectivity index (χ1n) is 12.6. The molecule has 2 aliphatic heterocycles. The van der Waals surface area contributed by atoms with E-state index in [4.69, 9.17) is 14.2 Å². The second kappa shape index (κ2) is 11.5. The summed E-state index contributed by atoms with van der Waals surface area (Å²) in [6.45, 7) is 4.86. The number of aliphatic hydroxyl groups is 1. The van der Waals surface area contributed by atoms with Gasteiger partial charge in [-0.3, -0.25) is 9.59 Å². The Morgan fingerprint density at radius 3 is 2.47 bits per heavy atom. The van der Waals surface area contributed by atoms with E-state index >= 15 is 0 Å². The average molecular weight is 496 g/mol. The number of unbranched alkanes of at least 4 members (excludes halogenated alkanes) is 1. The van der Waals surface area contributed by atoms with Crippen LogP contribution < -0.4 is 19.1 Å². The Balaban J connectivity index is 1.71. The van der Waals surface area contributed by atoms with E-state index in [9.17, 15) is 14.7 Å². The molecule has 2 aromatic rings. The van der Waals surface area contributed by atoms with Crippen molar-refractivity contribution in [3.05, 3.63) is 59.2 Å². The number of hydrogen-bond acceptors (Lipinski definition) is 6. The van der Waals surface area contributed by atoms with Crippen LogP contribution in [0.2, 0.25) is 0 Å². The van der Waals surface area contributed by atoms with Gasteiger partial charge >= 0.3 is 0 Å². The number of Topliss-reactive ketones (excluding diaryl/α,β-unsaturated/α-hetero) is 1. The van der Waals surface area contributed by atoms with Crippen molar-refractivity contribution in [1.29, 1.82) is 0 Å². The van der Waals surface area contributed by atoms with Gasteiger partial charge in [-0.1, -0.05) is 25.5 Å². The lowest BCUT2D eigenvalue weighted by Crippen LogP contribution is -3.05. The number of ketones is 1. The maximum Gasteiger partial charge on any atom is 0.295 e. The van der Waals surface area contributed by atoms with Gasteiger partial charge in [0.25, 0.3) is 11.7 Å². The number of likely N-dealkylation sites (tertiary alicyclic amines) is 1. The molecule has 1 saturated heterocycles. The smallest absolute Gasteiger partial charge is 0.295 e. The molecule has 0 saturated carbocycles. The number of benzene rings is 2. The lowest BCUT2D eigenvalue weighted by atomic mass is 9.95. The van der Waals surface area contributed by atoms with Gasteiger partial charge in [0.1, 0.15) is 24.7 Å². The number of rotatable bonds is 10. The molecule has 2 aromatic carbocycles. The van der Waals surface area contributed by atoms with Crippen molar-refractivity contribution < 1.29 is 33.8 Å². The van der Waals surface area contributed by atoms with Gasteiger partial charge < -0.3 is 29.1 Å². The second-order valence-corrected chi connectivity index (χ2v) is 9.43. The normalized spacial score (nSPS) is 18.7. The Morgan fingerprint density at radius 1 is 1.06 bits per heavy atom. The van der Waals surface area contributed by atoms with E-state index in [1.54, 1.807) is 23.1 Å². The number of carbonyl (C=O) groups excluding carboxylic acids is 2. The van der Waals surface area contributed by atoms with Crippen LogP contribution in [0.15, 0.2) is 48.0 Å². The maximum atomic E-state index is 13.2. The molecule has 0 aliphatic carbocycles. The Morgan fingerprint density at radius 2 is 1.78 bits per heavy atom. The third-order valence-electron chi connectivity index (χ3n) is 6.39. The van der Waals surface area contributed by atoms with E-state index in [1.165, 1.54) is 4.90 Å². The van der Waals surface area contributed by atoms with Crippen LogP contribution in [0.25, 0.3) is 5.76 Å². The van der Waals surface area contributed by atoms with Crippen LogP contribution in [0, 0.1) is 0 Å². The summed E-state index contributed by atoms with van der Waals surface area (Å²) in [5.41, 5.74) is 1.22. The topological polar surface area (TPSA) is 89.7 Å². The van der Waals surface area contributed by atoms with Crippen molar-refractivity contribution in [2.45, 2.75) is 32.2 Å². The van der Waals surface area contributed by atoms with Crippen LogP contribution >= 0.6 is 0 Å². The molecule has 4 rings (SSSR count). The third kappa shape index (κ3) is 5.49. The van der Waals surface area contributed by atoms with E-state index in [0.717, 1.165) is 37.1 Å². The molecule has 2 N–H and O–H groups in total. The molecule has 1 fully saturated rings. The second-order valence-electron chi connectivity index (χ2n) is 9.43. The van der Waals surface area contributed by atoms with Crippen molar-refractivity contribution >= 4 is 17.4 Å². The number of ether oxygens (including phenoxy) is 3. The zero-order valence-electron chi connectivity index (χ0n) is 21.2. The number of fused-ring (bicyclic) bond motifs is 1. The molecule has 0 radical (unpaired) electrons. The molecular formula is C28H35N2O6+. The van der Waals surface area contributed by atoms with E-state index in [1.807, 2.05) is 38.4 Å². The minimum atomic E-state index is -0.694. The highest BCUT2D eigenvalue weighted by Crippen LogP contribution is 2.41. The van der Waals surface area contributed by atoms with Crippen LogP contribution in [0.4, 0.5) is 0 Å². The van der Waals surface area contributed by atoms with E-state index < -0.39 is 17.7 Å². The quantitative estimate of drug-likeness (QED) is 0.228. The first-order chi connectivity index (χ1) is 17.4. The van der Waals surface area contributed by atoms with Crippen molar-refractivity contribution in [2.24, 2.45) is 0 Å². The van der Waals surface area contributed by atoms with E-state index in [2.05, 4.69) is 6.92 Å². The molecule has 0 aromatic heterocycles. The molecule has 8 nitrogen and oxygen atoms in total. The Bertz CT molecular complexity index is 1130. The van der Waals surface area contributed by atoms with Gasteiger partial charge in [0.2, 0.25) is 0 Å². The van der Waals surface area contributed by atoms with Gasteiger partial charge in [0.05, 0.1) is 38.9 Å². The number of nitrogens with one attached hydrogen (secondary N) is 1. The number of hydrogen-bond donors (Lipinski definition) is 2. The van der Waals surface area contributed by atoms with Crippen molar-refractivity contribution in [1.82, 2.24) is 4.90 Å². The lowest BCUT2D eigenvalue weighted by molar-refractivity contribution is -0.858. The fourth-order valence-corrected chi connectivity index (χ4v) is 4.49. The summed E-state index contributed by atoms with van der Waals surface area (Å²) in [4.78, 5) is 29.2. The number of carbonyl (C=O) groups is 2. The fourth-order valence-electron chi connectivity index (χ4n) is 4.49. The predicted molar refractivity (Wildman–Crippen MR) is 136 cm³/mol. The third-order valence-corrected chi connectivity index (χ3v) is 6.39. The predicted octanol–water partition coefficient (Wildman–Crippen LogP) is 2.59. The van der Waals surface area contributed by atoms with Gasteiger partial charge in [-0.05, 0) is 42.3 Å². The number of nitrogens with zero attached hydrogens (tertiary/aromatic N) is 1. The first kappa shape index (κ1) is 25.6. The molecule has 0 spiro atoms. The zero-order valence-corrected chi connectivity index (χ0v) is 21.2. The summed E-state index contributed by atoms with van der Waals surface area (Å²) >= 11 is 0. The summed E-state index contributed by atoms with van der Waals surface area (Å²) in [6, 6.07) is 11.7. The molecule has 36 heavy (non-hydrogen) atoms. The zero-order chi connectivity index (χ0) is 25.7. The van der Waals surface area contributed by atoms with Crippen LogP contribution in [0.3, 0.4) is 0 Å². The Kier molecular flexibility index (Phi) is 8.15. The minimum absolute atomic E-state index is 0.0773. The highest BCUT2D eigenvalue weighted by molar-refractivity contribution is 6.46. The van der Waals surface area contributed by atoms with Gasteiger partial charge in [-0.25, -0.2) is 0 Å². The number of amides is 1.